The van der Waals surface area contributed by atoms with E-state index in [4.69, 9.17) is 9.15 Å². The van der Waals surface area contributed by atoms with Crippen LogP contribution < -0.4 is 5.32 Å². The van der Waals surface area contributed by atoms with Crippen LogP contribution in [-0.4, -0.2) is 24.1 Å². The van der Waals surface area contributed by atoms with Crippen LogP contribution >= 0.6 is 11.3 Å². The molecular weight excluding hydrogens is 252 g/mol. The smallest absolute Gasteiger partial charge is 0.236 e. The van der Waals surface area contributed by atoms with E-state index >= 15 is 0 Å². The largest absolute Gasteiger partial charge is 0.463 e. The summed E-state index contributed by atoms with van der Waals surface area (Å²) in [5, 5.41) is 5.25. The molecule has 0 saturated carbocycles. The monoisotopic (exact) mass is 264 g/mol. The first-order valence-electron chi connectivity index (χ1n) is 5.56. The van der Waals surface area contributed by atoms with Crippen LogP contribution in [0.2, 0.25) is 0 Å². The van der Waals surface area contributed by atoms with Gasteiger partial charge in [0, 0.05) is 5.38 Å². The zero-order valence-electron chi connectivity index (χ0n) is 9.80. The Morgan fingerprint density at radius 2 is 2.39 bits per heavy atom. The molecule has 1 aliphatic rings. The number of carbonyl (C=O) groups excluding carboxylic acids is 1. The Labute approximate surface area is 108 Å². The van der Waals surface area contributed by atoms with Crippen molar-refractivity contribution in [3.63, 3.8) is 0 Å². The van der Waals surface area contributed by atoms with Gasteiger partial charge in [-0.15, -0.1) is 11.3 Å². The second-order valence-corrected chi connectivity index (χ2v) is 5.38. The van der Waals surface area contributed by atoms with Crippen molar-refractivity contribution < 1.29 is 13.9 Å². The lowest BCUT2D eigenvalue weighted by atomic mass is 9.88. The maximum Gasteiger partial charge on any atom is 0.236 e. The van der Waals surface area contributed by atoms with Crippen LogP contribution in [0.25, 0.3) is 11.5 Å². The van der Waals surface area contributed by atoms with Crippen LogP contribution in [-0.2, 0) is 9.53 Å². The number of hydrogen-bond acceptors (Lipinski definition) is 5. The van der Waals surface area contributed by atoms with Gasteiger partial charge in [-0.1, -0.05) is 0 Å². The highest BCUT2D eigenvalue weighted by Gasteiger charge is 2.41. The number of nitrogens with zero attached hydrogens (tertiary/aromatic N) is 1. The van der Waals surface area contributed by atoms with Crippen molar-refractivity contribution in [1.82, 2.24) is 4.98 Å². The number of thiazole rings is 1. The van der Waals surface area contributed by atoms with E-state index in [1.807, 2.05) is 18.4 Å². The van der Waals surface area contributed by atoms with Gasteiger partial charge < -0.3 is 14.5 Å². The molecule has 0 bridgehead atoms. The summed E-state index contributed by atoms with van der Waals surface area (Å²) in [5.74, 6) is 0.652. The average molecular weight is 264 g/mol. The predicted octanol–water partition coefficient (Wildman–Crippen LogP) is 2.38. The molecule has 94 valence electrons. The molecule has 2 aromatic rings. The maximum atomic E-state index is 12.0. The van der Waals surface area contributed by atoms with Gasteiger partial charge in [-0.25, -0.2) is 4.98 Å². The minimum atomic E-state index is -0.420. The first kappa shape index (κ1) is 11.4. The summed E-state index contributed by atoms with van der Waals surface area (Å²) in [6.07, 6.45) is 1.60. The lowest BCUT2D eigenvalue weighted by Crippen LogP contribution is -2.49. The van der Waals surface area contributed by atoms with Crippen molar-refractivity contribution in [3.8, 4) is 11.5 Å². The second-order valence-electron chi connectivity index (χ2n) is 4.52. The molecule has 6 heteroatoms. The standard InChI is InChI=1S/C12H12N2O3S/c1-12(6-16-7-12)10(15)14-11-13-8(5-18-11)9-3-2-4-17-9/h2-5H,6-7H2,1H3,(H,13,14,15). The van der Waals surface area contributed by atoms with E-state index in [-0.39, 0.29) is 5.91 Å². The number of furan rings is 1. The van der Waals surface area contributed by atoms with E-state index < -0.39 is 5.41 Å². The third kappa shape index (κ3) is 1.93. The normalized spacial score (nSPS) is 17.2. The van der Waals surface area contributed by atoms with E-state index in [9.17, 15) is 4.79 Å². The number of aromatic nitrogens is 1. The quantitative estimate of drug-likeness (QED) is 0.924. The molecule has 0 radical (unpaired) electrons. The van der Waals surface area contributed by atoms with Crippen molar-refractivity contribution >= 4 is 22.4 Å². The van der Waals surface area contributed by atoms with Crippen LogP contribution in [0.15, 0.2) is 28.2 Å². The van der Waals surface area contributed by atoms with Gasteiger partial charge in [0.1, 0.15) is 5.69 Å². The third-order valence-electron chi connectivity index (χ3n) is 2.89. The number of rotatable bonds is 3. The van der Waals surface area contributed by atoms with Crippen LogP contribution in [0.5, 0.6) is 0 Å². The van der Waals surface area contributed by atoms with E-state index in [2.05, 4.69) is 10.3 Å². The predicted molar refractivity (Wildman–Crippen MR) is 67.4 cm³/mol. The van der Waals surface area contributed by atoms with Gasteiger partial charge in [0.25, 0.3) is 0 Å². The number of hydrogen-bond donors (Lipinski definition) is 1. The molecule has 0 aliphatic carbocycles. The zero-order valence-corrected chi connectivity index (χ0v) is 10.6. The van der Waals surface area contributed by atoms with Gasteiger partial charge in [-0.3, -0.25) is 4.79 Å². The summed E-state index contributed by atoms with van der Waals surface area (Å²) in [6.45, 7) is 2.82. The fraction of sp³-hybridized carbons (Fsp3) is 0.333. The van der Waals surface area contributed by atoms with Crippen molar-refractivity contribution in [2.75, 3.05) is 18.5 Å². The molecule has 0 unspecified atom stereocenters. The molecule has 1 aliphatic heterocycles. The Morgan fingerprint density at radius 3 is 3.00 bits per heavy atom. The SMILES string of the molecule is CC1(C(=O)Nc2nc(-c3ccco3)cs2)COC1. The lowest BCUT2D eigenvalue weighted by molar-refractivity contribution is -0.151. The van der Waals surface area contributed by atoms with Crippen LogP contribution in [0.4, 0.5) is 5.13 Å². The van der Waals surface area contributed by atoms with Crippen molar-refractivity contribution in [2.45, 2.75) is 6.92 Å². The average Bonchev–Trinajstić information content (AvgIpc) is 2.94. The maximum absolute atomic E-state index is 12.0. The molecule has 1 amide bonds. The van der Waals surface area contributed by atoms with Gasteiger partial charge in [-0.2, -0.15) is 0 Å². The Bertz CT molecular complexity index is 558. The minimum Gasteiger partial charge on any atom is -0.463 e. The van der Waals surface area contributed by atoms with Crippen LogP contribution in [0.3, 0.4) is 0 Å². The Hall–Kier alpha value is -1.66. The summed E-state index contributed by atoms with van der Waals surface area (Å²) in [7, 11) is 0. The first-order chi connectivity index (χ1) is 8.67. The third-order valence-corrected chi connectivity index (χ3v) is 3.65. The molecule has 18 heavy (non-hydrogen) atoms. The van der Waals surface area contributed by atoms with Gasteiger partial charge >= 0.3 is 0 Å². The summed E-state index contributed by atoms with van der Waals surface area (Å²) in [4.78, 5) is 16.3. The van der Waals surface area contributed by atoms with Crippen molar-refractivity contribution in [1.29, 1.82) is 0 Å². The molecule has 1 N–H and O–H groups in total. The number of nitrogens with one attached hydrogen (secondary N) is 1. The topological polar surface area (TPSA) is 64.4 Å². The number of anilines is 1. The van der Waals surface area contributed by atoms with Crippen LogP contribution in [0, 0.1) is 5.41 Å². The Morgan fingerprint density at radius 1 is 1.56 bits per heavy atom. The van der Waals surface area contributed by atoms with Crippen molar-refractivity contribution in [2.24, 2.45) is 5.41 Å². The highest BCUT2D eigenvalue weighted by atomic mass is 32.1. The molecule has 2 aromatic heterocycles. The van der Waals surface area contributed by atoms with Gasteiger partial charge in [0.05, 0.1) is 24.9 Å². The molecule has 3 heterocycles. The van der Waals surface area contributed by atoms with E-state index in [0.717, 1.165) is 5.69 Å². The van der Waals surface area contributed by atoms with Gasteiger partial charge in [0.2, 0.25) is 5.91 Å². The van der Waals surface area contributed by atoms with Gasteiger partial charge in [0.15, 0.2) is 10.9 Å². The number of carbonyl (C=O) groups is 1. The molecule has 3 rings (SSSR count). The van der Waals surface area contributed by atoms with Gasteiger partial charge in [-0.05, 0) is 19.1 Å². The summed E-state index contributed by atoms with van der Waals surface area (Å²) in [5.41, 5.74) is 0.312. The van der Waals surface area contributed by atoms with E-state index in [1.54, 1.807) is 12.3 Å². The van der Waals surface area contributed by atoms with Crippen molar-refractivity contribution in [3.05, 3.63) is 23.8 Å². The Kier molecular flexibility index (Phi) is 2.68. The number of amides is 1. The fourth-order valence-electron chi connectivity index (χ4n) is 1.66. The highest BCUT2D eigenvalue weighted by molar-refractivity contribution is 7.14. The molecule has 1 fully saturated rings. The van der Waals surface area contributed by atoms with E-state index in [1.165, 1.54) is 11.3 Å². The molecule has 0 spiro atoms. The summed E-state index contributed by atoms with van der Waals surface area (Å²) < 4.78 is 10.3. The number of ether oxygens (including phenoxy) is 1. The summed E-state index contributed by atoms with van der Waals surface area (Å²) in [6, 6.07) is 3.64. The Balaban J connectivity index is 1.72. The first-order valence-corrected chi connectivity index (χ1v) is 6.44. The minimum absolute atomic E-state index is 0.0471. The van der Waals surface area contributed by atoms with E-state index in [0.29, 0.717) is 24.1 Å². The molecule has 0 atom stereocenters. The zero-order chi connectivity index (χ0) is 12.6. The summed E-state index contributed by atoms with van der Waals surface area (Å²) >= 11 is 1.38. The highest BCUT2D eigenvalue weighted by Crippen LogP contribution is 2.30. The molecule has 0 aromatic carbocycles. The molecular formula is C12H12N2O3S. The molecule has 1 saturated heterocycles. The second kappa shape index (κ2) is 4.22. The molecule has 5 nitrogen and oxygen atoms in total. The van der Waals surface area contributed by atoms with Crippen LogP contribution in [0.1, 0.15) is 6.92 Å². The fourth-order valence-corrected chi connectivity index (χ4v) is 2.35. The lowest BCUT2D eigenvalue weighted by Gasteiger charge is -2.35.